The van der Waals surface area contributed by atoms with Gasteiger partial charge in [-0.2, -0.15) is 0 Å². The highest BCUT2D eigenvalue weighted by molar-refractivity contribution is 6.08. The van der Waals surface area contributed by atoms with Gasteiger partial charge in [-0.25, -0.2) is 4.79 Å². The first-order valence-electron chi connectivity index (χ1n) is 9.77. The first-order chi connectivity index (χ1) is 13.4. The average molecular weight is 384 g/mol. The van der Waals surface area contributed by atoms with Gasteiger partial charge in [0.05, 0.1) is 11.8 Å². The third kappa shape index (κ3) is 3.08. The Hall–Kier alpha value is -2.70. The van der Waals surface area contributed by atoms with Crippen LogP contribution in [0.4, 0.5) is 5.69 Å². The number of amides is 3. The van der Waals surface area contributed by atoms with Crippen molar-refractivity contribution in [3.05, 3.63) is 29.8 Å². The first kappa shape index (κ1) is 18.7. The van der Waals surface area contributed by atoms with E-state index in [-0.39, 0.29) is 35.5 Å². The minimum absolute atomic E-state index is 0.254. The van der Waals surface area contributed by atoms with E-state index in [0.717, 1.165) is 29.7 Å². The van der Waals surface area contributed by atoms with E-state index in [4.69, 9.17) is 4.74 Å². The van der Waals surface area contributed by atoms with Crippen molar-refractivity contribution in [2.75, 3.05) is 11.9 Å². The van der Waals surface area contributed by atoms with E-state index in [1.165, 1.54) is 6.92 Å². The Kier molecular flexibility index (Phi) is 4.69. The van der Waals surface area contributed by atoms with Gasteiger partial charge in [-0.05, 0) is 62.6 Å². The van der Waals surface area contributed by atoms with Crippen molar-refractivity contribution in [2.45, 2.75) is 39.2 Å². The lowest BCUT2D eigenvalue weighted by Gasteiger charge is -2.23. The predicted molar refractivity (Wildman–Crippen MR) is 99.9 cm³/mol. The van der Waals surface area contributed by atoms with E-state index < -0.39 is 24.5 Å². The molecule has 1 heterocycles. The lowest BCUT2D eigenvalue weighted by atomic mass is 9.81. The number of benzene rings is 1. The van der Waals surface area contributed by atoms with Crippen LogP contribution in [0.3, 0.4) is 0 Å². The van der Waals surface area contributed by atoms with Crippen LogP contribution in [-0.4, -0.2) is 41.2 Å². The highest BCUT2D eigenvalue weighted by Gasteiger charge is 2.62. The van der Waals surface area contributed by atoms with Gasteiger partial charge in [-0.3, -0.25) is 19.3 Å². The number of esters is 1. The molecule has 4 rings (SSSR count). The van der Waals surface area contributed by atoms with Crippen molar-refractivity contribution in [1.82, 2.24) is 4.90 Å². The first-order valence-corrected chi connectivity index (χ1v) is 9.77. The Bertz CT molecular complexity index is 823. The lowest BCUT2D eigenvalue weighted by Crippen LogP contribution is -2.45. The van der Waals surface area contributed by atoms with Gasteiger partial charge in [0.25, 0.3) is 5.91 Å². The van der Waals surface area contributed by atoms with Crippen molar-refractivity contribution < 1.29 is 23.9 Å². The molecule has 2 saturated carbocycles. The summed E-state index contributed by atoms with van der Waals surface area (Å²) in [5, 5.41) is 2.65. The molecule has 7 heteroatoms. The SMILES string of the molecule is Cc1cccc(NC(=O)COC(=O)[C@H](C)N2C(=O)[C@H]3[C@H]4CC[C@@H](C4)[C@@H]3C2=O)c1. The maximum Gasteiger partial charge on any atom is 0.329 e. The molecule has 1 aromatic rings. The summed E-state index contributed by atoms with van der Waals surface area (Å²) in [4.78, 5) is 51.0. The molecule has 148 valence electrons. The van der Waals surface area contributed by atoms with Crippen molar-refractivity contribution in [2.24, 2.45) is 23.7 Å². The van der Waals surface area contributed by atoms with E-state index in [2.05, 4.69) is 5.32 Å². The van der Waals surface area contributed by atoms with Crippen molar-refractivity contribution in [3.63, 3.8) is 0 Å². The molecule has 3 amide bonds. The molecule has 0 radical (unpaired) electrons. The van der Waals surface area contributed by atoms with Gasteiger partial charge in [0.15, 0.2) is 6.61 Å². The number of carbonyl (C=O) groups is 4. The number of ether oxygens (including phenoxy) is 1. The maximum atomic E-state index is 12.8. The second kappa shape index (κ2) is 7.04. The van der Waals surface area contributed by atoms with E-state index in [1.54, 1.807) is 12.1 Å². The van der Waals surface area contributed by atoms with Crippen LogP contribution in [0.25, 0.3) is 0 Å². The third-order valence-electron chi connectivity index (χ3n) is 6.34. The number of carbonyl (C=O) groups excluding carboxylic acids is 4. The minimum atomic E-state index is -1.02. The van der Waals surface area contributed by atoms with Crippen molar-refractivity contribution >= 4 is 29.4 Å². The smallest absolute Gasteiger partial charge is 0.329 e. The number of aryl methyl sites for hydroxylation is 1. The number of rotatable bonds is 5. The van der Waals surface area contributed by atoms with Gasteiger partial charge < -0.3 is 10.1 Å². The van der Waals surface area contributed by atoms with Gasteiger partial charge >= 0.3 is 5.97 Å². The van der Waals surface area contributed by atoms with E-state index in [9.17, 15) is 19.2 Å². The number of nitrogens with one attached hydrogen (secondary N) is 1. The van der Waals surface area contributed by atoms with Crippen LogP contribution in [0, 0.1) is 30.6 Å². The van der Waals surface area contributed by atoms with Gasteiger partial charge in [0, 0.05) is 5.69 Å². The zero-order chi connectivity index (χ0) is 20.0. The van der Waals surface area contributed by atoms with Crippen LogP contribution in [0.15, 0.2) is 24.3 Å². The summed E-state index contributed by atoms with van der Waals surface area (Å²) in [7, 11) is 0. The number of fused-ring (bicyclic) bond motifs is 5. The molecule has 0 aromatic heterocycles. The Labute approximate surface area is 163 Å². The summed E-state index contributed by atoms with van der Waals surface area (Å²) in [6, 6.07) is 6.24. The minimum Gasteiger partial charge on any atom is -0.454 e. The largest absolute Gasteiger partial charge is 0.454 e. The molecule has 5 atom stereocenters. The van der Waals surface area contributed by atoms with Crippen LogP contribution in [0.2, 0.25) is 0 Å². The zero-order valence-electron chi connectivity index (χ0n) is 16.0. The second-order valence-electron chi connectivity index (χ2n) is 8.13. The highest BCUT2D eigenvalue weighted by atomic mass is 16.5. The predicted octanol–water partition coefficient (Wildman–Crippen LogP) is 1.90. The molecule has 1 aromatic carbocycles. The molecule has 7 nitrogen and oxygen atoms in total. The van der Waals surface area contributed by atoms with Crippen LogP contribution in [0.5, 0.6) is 0 Å². The van der Waals surface area contributed by atoms with E-state index in [0.29, 0.717) is 5.69 Å². The molecule has 1 saturated heterocycles. The number of anilines is 1. The normalized spacial score (nSPS) is 29.0. The number of hydrogen-bond acceptors (Lipinski definition) is 5. The fourth-order valence-corrected chi connectivity index (χ4v) is 5.10. The number of nitrogens with zero attached hydrogens (tertiary/aromatic N) is 1. The van der Waals surface area contributed by atoms with Gasteiger partial charge in [0.1, 0.15) is 6.04 Å². The maximum absolute atomic E-state index is 12.8. The molecule has 28 heavy (non-hydrogen) atoms. The summed E-state index contributed by atoms with van der Waals surface area (Å²) in [6.07, 6.45) is 2.91. The van der Waals surface area contributed by atoms with Crippen LogP contribution < -0.4 is 5.32 Å². The monoisotopic (exact) mass is 384 g/mol. The second-order valence-corrected chi connectivity index (χ2v) is 8.13. The van der Waals surface area contributed by atoms with Crippen LogP contribution >= 0.6 is 0 Å². The molecule has 2 aliphatic carbocycles. The van der Waals surface area contributed by atoms with Crippen LogP contribution in [0.1, 0.15) is 31.7 Å². The van der Waals surface area contributed by atoms with Crippen molar-refractivity contribution in [1.29, 1.82) is 0 Å². The Balaban J connectivity index is 1.34. The number of hydrogen-bond donors (Lipinski definition) is 1. The van der Waals surface area contributed by atoms with Crippen LogP contribution in [-0.2, 0) is 23.9 Å². The zero-order valence-corrected chi connectivity index (χ0v) is 16.0. The van der Waals surface area contributed by atoms with Crippen molar-refractivity contribution in [3.8, 4) is 0 Å². The summed E-state index contributed by atoms with van der Waals surface area (Å²) in [6.45, 7) is 2.92. The Morgan fingerprint density at radius 2 is 1.82 bits per heavy atom. The molecule has 1 aliphatic heterocycles. The molecular weight excluding hydrogens is 360 g/mol. The fraction of sp³-hybridized carbons (Fsp3) is 0.524. The molecule has 3 aliphatic rings. The molecular formula is C21H24N2O5. The quantitative estimate of drug-likeness (QED) is 0.618. The standard InChI is InChI=1S/C21H24N2O5/c1-11-4-3-5-15(8-11)22-16(24)10-28-21(27)12(2)23-19(25)17-13-6-7-14(9-13)18(17)20(23)26/h3-5,8,12-14,17-18H,6-7,9-10H2,1-2H3,(H,22,24)/t12-,13-,14-,17-,18-/m0/s1. The summed E-state index contributed by atoms with van der Waals surface area (Å²) < 4.78 is 5.07. The van der Waals surface area contributed by atoms with Gasteiger partial charge in [-0.15, -0.1) is 0 Å². The topological polar surface area (TPSA) is 92.8 Å². The van der Waals surface area contributed by atoms with E-state index in [1.807, 2.05) is 19.1 Å². The fourth-order valence-electron chi connectivity index (χ4n) is 5.10. The molecule has 3 fully saturated rings. The number of imide groups is 1. The Morgan fingerprint density at radius 1 is 1.18 bits per heavy atom. The molecule has 0 spiro atoms. The van der Waals surface area contributed by atoms with E-state index >= 15 is 0 Å². The lowest BCUT2D eigenvalue weighted by molar-refractivity contribution is -0.159. The molecule has 2 bridgehead atoms. The average Bonchev–Trinajstić information content (AvgIpc) is 3.33. The highest BCUT2D eigenvalue weighted by Crippen LogP contribution is 2.56. The Morgan fingerprint density at radius 3 is 2.43 bits per heavy atom. The molecule has 0 unspecified atom stereocenters. The van der Waals surface area contributed by atoms with Gasteiger partial charge in [0.2, 0.25) is 11.8 Å². The van der Waals surface area contributed by atoms with Gasteiger partial charge in [-0.1, -0.05) is 12.1 Å². The molecule has 1 N–H and O–H groups in total. The third-order valence-corrected chi connectivity index (χ3v) is 6.34. The number of likely N-dealkylation sites (tertiary alicyclic amines) is 1. The summed E-state index contributed by atoms with van der Waals surface area (Å²) in [5.74, 6) is -1.74. The summed E-state index contributed by atoms with van der Waals surface area (Å²) in [5.41, 5.74) is 1.61. The summed E-state index contributed by atoms with van der Waals surface area (Å²) >= 11 is 0.